The van der Waals surface area contributed by atoms with Gasteiger partial charge in [-0.25, -0.2) is 0 Å². The summed E-state index contributed by atoms with van der Waals surface area (Å²) in [5.41, 5.74) is 11.9. The molecule has 63 heavy (non-hydrogen) atoms. The topological polar surface area (TPSA) is 9.86 Å². The lowest BCUT2D eigenvalue weighted by atomic mass is 9.99. The van der Waals surface area contributed by atoms with Crippen molar-refractivity contribution < 1.29 is 0 Å². The predicted octanol–water partition coefficient (Wildman–Crippen LogP) is 12.6. The second-order valence-corrected chi connectivity index (χ2v) is 20.2. The fourth-order valence-corrected chi connectivity index (χ4v) is 15.3. The molecule has 12 aromatic rings. The largest absolute Gasteiger partial charge is 0.309 e. The molecule has 3 heteroatoms. The normalized spacial score (nSPS) is 11.8. The summed E-state index contributed by atoms with van der Waals surface area (Å²) in [4.78, 5) is 0. The van der Waals surface area contributed by atoms with Gasteiger partial charge in [-0.2, -0.15) is 0 Å². The standard InChI is InChI=1S/C60H42N2Si/c1-5-19-43(20-6-1)45-21-17-22-46(41-45)44-35-37-47(38-36-44)61-56-32-15-13-29-52(56)54-40-39-48(42-58(54)61)62-57-33-16-14-30-53(57)55-31-18-34-59(60(55)62)63(49-23-7-2-8-24-49,50-25-9-3-10-26-50)51-27-11-4-12-28-51/h1-42H. The Kier molecular flexibility index (Phi) is 8.87. The van der Waals surface area contributed by atoms with Crippen LogP contribution in [0.5, 0.6) is 0 Å². The van der Waals surface area contributed by atoms with Gasteiger partial charge in [0.25, 0.3) is 0 Å². The summed E-state index contributed by atoms with van der Waals surface area (Å²) in [5, 5.41) is 10.4. The molecule has 0 N–H and O–H groups in total. The average Bonchev–Trinajstić information content (AvgIpc) is 3.89. The molecule has 10 aromatic carbocycles. The third-order valence-electron chi connectivity index (χ3n) is 13.1. The number of fused-ring (bicyclic) bond motifs is 6. The van der Waals surface area contributed by atoms with Gasteiger partial charge >= 0.3 is 0 Å². The Labute approximate surface area is 368 Å². The summed E-state index contributed by atoms with van der Waals surface area (Å²) in [6.07, 6.45) is 0. The first kappa shape index (κ1) is 36.8. The molecule has 0 saturated heterocycles. The monoisotopic (exact) mass is 818 g/mol. The fourth-order valence-electron chi connectivity index (χ4n) is 10.3. The molecule has 0 fully saturated rings. The van der Waals surface area contributed by atoms with Crippen molar-refractivity contribution in [3.8, 4) is 33.6 Å². The Hall–Kier alpha value is -7.98. The minimum Gasteiger partial charge on any atom is -0.309 e. The number of benzene rings is 10. The van der Waals surface area contributed by atoms with Crippen molar-refractivity contribution in [2.75, 3.05) is 0 Å². The van der Waals surface area contributed by atoms with E-state index < -0.39 is 8.07 Å². The number of hydrogen-bond donors (Lipinski definition) is 0. The molecule has 0 radical (unpaired) electrons. The van der Waals surface area contributed by atoms with Gasteiger partial charge in [0.15, 0.2) is 8.07 Å². The summed E-state index contributed by atoms with van der Waals surface area (Å²) in [6, 6.07) is 94.3. The van der Waals surface area contributed by atoms with Gasteiger partial charge in [0.05, 0.1) is 22.1 Å². The average molecular weight is 819 g/mol. The van der Waals surface area contributed by atoms with E-state index in [1.54, 1.807) is 0 Å². The Morgan fingerprint density at radius 3 is 1.29 bits per heavy atom. The van der Waals surface area contributed by atoms with E-state index in [4.69, 9.17) is 0 Å². The van der Waals surface area contributed by atoms with E-state index >= 15 is 0 Å². The number of rotatable bonds is 8. The summed E-state index contributed by atoms with van der Waals surface area (Å²) >= 11 is 0. The van der Waals surface area contributed by atoms with Gasteiger partial charge in [0.1, 0.15) is 0 Å². The third-order valence-corrected chi connectivity index (χ3v) is 17.9. The Bertz CT molecular complexity index is 3490. The van der Waals surface area contributed by atoms with Crippen LogP contribution in [0.15, 0.2) is 255 Å². The number of aromatic nitrogens is 2. The smallest absolute Gasteiger partial charge is 0.181 e. The minimum atomic E-state index is -2.92. The van der Waals surface area contributed by atoms with Crippen LogP contribution in [0.1, 0.15) is 0 Å². The van der Waals surface area contributed by atoms with E-state index in [0.29, 0.717) is 0 Å². The maximum Gasteiger partial charge on any atom is 0.181 e. The van der Waals surface area contributed by atoms with Crippen LogP contribution in [0.2, 0.25) is 0 Å². The van der Waals surface area contributed by atoms with Crippen molar-refractivity contribution in [2.24, 2.45) is 0 Å². The minimum absolute atomic E-state index is 1.13. The van der Waals surface area contributed by atoms with Crippen molar-refractivity contribution >= 4 is 72.4 Å². The van der Waals surface area contributed by atoms with Gasteiger partial charge < -0.3 is 9.13 Å². The number of hydrogen-bond acceptors (Lipinski definition) is 0. The maximum atomic E-state index is 2.56. The van der Waals surface area contributed by atoms with Crippen molar-refractivity contribution in [1.29, 1.82) is 0 Å². The second-order valence-electron chi connectivity index (χ2n) is 16.5. The van der Waals surface area contributed by atoms with E-state index in [2.05, 4.69) is 264 Å². The molecule has 0 atom stereocenters. The first-order valence-electron chi connectivity index (χ1n) is 21.8. The van der Waals surface area contributed by atoms with Crippen LogP contribution in [-0.2, 0) is 0 Å². The Morgan fingerprint density at radius 2 is 0.683 bits per heavy atom. The molecule has 12 rings (SSSR count). The molecule has 0 spiro atoms. The van der Waals surface area contributed by atoms with E-state index in [9.17, 15) is 0 Å². The quantitative estimate of drug-likeness (QED) is 0.107. The van der Waals surface area contributed by atoms with Crippen molar-refractivity contribution in [1.82, 2.24) is 9.13 Å². The van der Waals surface area contributed by atoms with Crippen LogP contribution < -0.4 is 20.7 Å². The van der Waals surface area contributed by atoms with Gasteiger partial charge in [-0.1, -0.05) is 212 Å². The van der Waals surface area contributed by atoms with E-state index in [1.165, 1.54) is 86.6 Å². The van der Waals surface area contributed by atoms with Gasteiger partial charge in [0.2, 0.25) is 0 Å². The Balaban J connectivity index is 1.10. The van der Waals surface area contributed by atoms with Gasteiger partial charge in [-0.15, -0.1) is 0 Å². The molecule has 296 valence electrons. The van der Waals surface area contributed by atoms with Crippen LogP contribution >= 0.6 is 0 Å². The molecular weight excluding hydrogens is 777 g/mol. The highest BCUT2D eigenvalue weighted by Crippen LogP contribution is 2.38. The summed E-state index contributed by atoms with van der Waals surface area (Å²) < 4.78 is 5.00. The molecule has 0 aliphatic carbocycles. The lowest BCUT2D eigenvalue weighted by molar-refractivity contribution is 1.16. The number of nitrogens with zero attached hydrogens (tertiary/aromatic N) is 2. The molecule has 0 aliphatic heterocycles. The zero-order valence-electron chi connectivity index (χ0n) is 34.6. The van der Waals surface area contributed by atoms with Crippen molar-refractivity contribution in [2.45, 2.75) is 0 Å². The van der Waals surface area contributed by atoms with Crippen LogP contribution in [-0.4, -0.2) is 17.2 Å². The Morgan fingerprint density at radius 1 is 0.254 bits per heavy atom. The molecule has 2 nitrogen and oxygen atoms in total. The number of para-hydroxylation sites is 3. The second kappa shape index (κ2) is 15.2. The predicted molar refractivity (Wildman–Crippen MR) is 270 cm³/mol. The molecule has 0 bridgehead atoms. The molecule has 0 amide bonds. The highest BCUT2D eigenvalue weighted by Gasteiger charge is 2.43. The van der Waals surface area contributed by atoms with Gasteiger partial charge in [-0.05, 0) is 85.5 Å². The highest BCUT2D eigenvalue weighted by atomic mass is 28.3. The molecule has 0 unspecified atom stereocenters. The molecule has 2 aromatic heterocycles. The van der Waals surface area contributed by atoms with Crippen LogP contribution in [0.3, 0.4) is 0 Å². The van der Waals surface area contributed by atoms with Crippen LogP contribution in [0.4, 0.5) is 0 Å². The maximum absolute atomic E-state index is 2.92. The van der Waals surface area contributed by atoms with Crippen molar-refractivity contribution in [3.63, 3.8) is 0 Å². The zero-order chi connectivity index (χ0) is 41.7. The summed E-state index contributed by atoms with van der Waals surface area (Å²) in [7, 11) is -2.92. The SMILES string of the molecule is c1ccc(-c2cccc(-c3ccc(-n4c5ccccc5c5ccc(-n6c7ccccc7c7cccc([Si](c8ccccc8)(c8ccccc8)c8ccccc8)c76)cc54)cc3)c2)cc1. The lowest BCUT2D eigenvalue weighted by Gasteiger charge is -2.35. The molecular formula is C60H42N2Si. The van der Waals surface area contributed by atoms with Crippen molar-refractivity contribution in [3.05, 3.63) is 255 Å². The molecule has 2 heterocycles. The zero-order valence-corrected chi connectivity index (χ0v) is 35.6. The third kappa shape index (κ3) is 5.93. The highest BCUT2D eigenvalue weighted by molar-refractivity contribution is 7.20. The lowest BCUT2D eigenvalue weighted by Crippen LogP contribution is -2.75. The molecule has 0 aliphatic rings. The van der Waals surface area contributed by atoms with Gasteiger partial charge in [0, 0.05) is 32.9 Å². The van der Waals surface area contributed by atoms with Crippen LogP contribution in [0, 0.1) is 0 Å². The van der Waals surface area contributed by atoms with E-state index in [0.717, 1.165) is 11.4 Å². The summed E-state index contributed by atoms with van der Waals surface area (Å²) in [6.45, 7) is 0. The van der Waals surface area contributed by atoms with Gasteiger partial charge in [-0.3, -0.25) is 0 Å². The van der Waals surface area contributed by atoms with Crippen LogP contribution in [0.25, 0.3) is 77.2 Å². The summed E-state index contributed by atoms with van der Waals surface area (Å²) in [5.74, 6) is 0. The first-order valence-corrected chi connectivity index (χ1v) is 23.8. The van der Waals surface area contributed by atoms with E-state index in [1.807, 2.05) is 0 Å². The molecule has 0 saturated carbocycles. The van der Waals surface area contributed by atoms with E-state index in [-0.39, 0.29) is 0 Å². The fraction of sp³-hybridized carbons (Fsp3) is 0. The first-order chi connectivity index (χ1) is 31.3.